The Morgan fingerprint density at radius 2 is 0.938 bits per heavy atom. The minimum Gasteiger partial charge on any atom is -0.481 e. The first-order valence-corrected chi connectivity index (χ1v) is 20.0. The molecule has 4 aromatic heterocycles. The van der Waals surface area contributed by atoms with E-state index in [0.717, 1.165) is 11.1 Å². The number of nitrogens with zero attached hydrogens (tertiary/aromatic N) is 2. The second kappa shape index (κ2) is 20.9. The van der Waals surface area contributed by atoms with E-state index in [0.29, 0.717) is 34.0 Å². The molecule has 0 aliphatic heterocycles. The molecule has 0 fully saturated rings. The number of carboxylic acids is 4. The van der Waals surface area contributed by atoms with Crippen molar-refractivity contribution in [2.24, 2.45) is 0 Å². The summed E-state index contributed by atoms with van der Waals surface area (Å²) in [6, 6.07) is 9.84. The Hall–Kier alpha value is -6.95. The standard InChI is InChI=1S/C40H40N10O12S.Na/c41-39-47-29-27(33(57)49-39)21(11-5-17-1-7-19(8-2-17)31(55)43-23(37(59)60)13-15-25(51)52)35(45-29)63-36-22(28-30(46-36)48-40(42)50-34(28)58)12-6-18-3-9-20(10-4-18)32(56)44-24(38(61)62)14-16-26(53)54;/h1-4,7-10,23-24H,5-6,11-16H2,(H,43,55)(H,44,56)(H,51,52)(H,53,54)(H,59,60)(H,61,62)(H4,41,45,47,49,57)(H4,42,46,48,50,58);/t23-,24-;/m0./s1. The summed E-state index contributed by atoms with van der Waals surface area (Å²) in [7, 11) is 0. The van der Waals surface area contributed by atoms with Gasteiger partial charge in [-0.05, 0) is 85.0 Å². The summed E-state index contributed by atoms with van der Waals surface area (Å²) < 4.78 is 0. The number of aliphatic carboxylic acids is 4. The zero-order valence-electron chi connectivity index (χ0n) is 33.9. The average Bonchev–Trinajstić information content (AvgIpc) is 3.75. The third kappa shape index (κ3) is 11.7. The van der Waals surface area contributed by atoms with Crippen LogP contribution in [-0.4, -0.2) is 128 Å². The molecule has 4 heterocycles. The number of rotatable bonds is 20. The molecule has 0 aliphatic carbocycles. The molecule has 22 nitrogen and oxygen atoms in total. The van der Waals surface area contributed by atoms with E-state index in [-0.39, 0.29) is 100 Å². The van der Waals surface area contributed by atoms with Gasteiger partial charge in [0.05, 0.1) is 20.8 Å². The Kier molecular flexibility index (Phi) is 15.7. The van der Waals surface area contributed by atoms with Crippen molar-refractivity contribution < 1.29 is 49.2 Å². The van der Waals surface area contributed by atoms with Crippen LogP contribution in [0.3, 0.4) is 0 Å². The number of H-pyrrole nitrogens is 4. The van der Waals surface area contributed by atoms with Crippen LogP contribution >= 0.6 is 11.8 Å². The summed E-state index contributed by atoms with van der Waals surface area (Å²) >= 11 is 1.18. The number of hydrogen-bond donors (Lipinski definition) is 12. The van der Waals surface area contributed by atoms with Gasteiger partial charge in [-0.25, -0.2) is 9.59 Å². The molecule has 2 amide bonds. The summed E-state index contributed by atoms with van der Waals surface area (Å²) in [6.07, 6.45) is -0.233. The Morgan fingerprint density at radius 3 is 1.27 bits per heavy atom. The maximum Gasteiger partial charge on any atom is 0.326 e. The number of aromatic amines is 4. The summed E-state index contributed by atoms with van der Waals surface area (Å²) in [6.45, 7) is 0. The zero-order valence-corrected chi connectivity index (χ0v) is 36.8. The fraction of sp³-hybridized carbons (Fsp3) is 0.250. The molecule has 64 heavy (non-hydrogen) atoms. The van der Waals surface area contributed by atoms with Crippen LogP contribution < -0.4 is 33.2 Å². The molecule has 6 rings (SSSR count). The molecular weight excluding hydrogens is 868 g/mol. The molecule has 24 heteroatoms. The molecule has 0 aliphatic rings. The quantitative estimate of drug-likeness (QED) is 0.0482. The van der Waals surface area contributed by atoms with Crippen molar-refractivity contribution in [1.29, 1.82) is 0 Å². The number of anilines is 2. The van der Waals surface area contributed by atoms with E-state index in [4.69, 9.17) is 21.7 Å². The van der Waals surface area contributed by atoms with Crippen LogP contribution in [0.5, 0.6) is 0 Å². The Morgan fingerprint density at radius 1 is 0.578 bits per heavy atom. The molecule has 0 bridgehead atoms. The molecular formula is C40H40N10NaO12S. The summed E-state index contributed by atoms with van der Waals surface area (Å²) in [5.74, 6) is -6.78. The van der Waals surface area contributed by atoms with Gasteiger partial charge in [-0.3, -0.25) is 38.7 Å². The maximum absolute atomic E-state index is 13.3. The van der Waals surface area contributed by atoms with Crippen LogP contribution in [0.2, 0.25) is 0 Å². The predicted molar refractivity (Wildman–Crippen MR) is 231 cm³/mol. The Bertz CT molecular complexity index is 2680. The molecule has 0 saturated heterocycles. The van der Waals surface area contributed by atoms with Crippen molar-refractivity contribution in [2.45, 2.75) is 73.5 Å². The van der Waals surface area contributed by atoms with Crippen LogP contribution in [0.25, 0.3) is 22.1 Å². The van der Waals surface area contributed by atoms with Crippen molar-refractivity contribution in [3.8, 4) is 0 Å². The normalized spacial score (nSPS) is 12.0. The number of fused-ring (bicyclic) bond motifs is 2. The maximum atomic E-state index is 13.3. The summed E-state index contributed by atoms with van der Waals surface area (Å²) in [4.78, 5) is 117. The van der Waals surface area contributed by atoms with E-state index in [1.165, 1.54) is 36.0 Å². The summed E-state index contributed by atoms with van der Waals surface area (Å²) in [5, 5.41) is 42.8. The smallest absolute Gasteiger partial charge is 0.326 e. The van der Waals surface area contributed by atoms with Crippen LogP contribution in [-0.2, 0) is 44.9 Å². The van der Waals surface area contributed by atoms with Gasteiger partial charge in [-0.2, -0.15) is 9.97 Å². The Labute approximate surface area is 386 Å². The molecule has 2 atom stereocenters. The topological polar surface area (TPSA) is 383 Å². The predicted octanol–water partition coefficient (Wildman–Crippen LogP) is 1.42. The van der Waals surface area contributed by atoms with Crippen molar-refractivity contribution >= 4 is 111 Å². The van der Waals surface area contributed by atoms with E-state index in [9.17, 15) is 48.6 Å². The van der Waals surface area contributed by atoms with Gasteiger partial charge in [-0.1, -0.05) is 36.0 Å². The number of amides is 2. The number of nitrogens with one attached hydrogen (secondary N) is 6. The van der Waals surface area contributed by atoms with Gasteiger partial charge >= 0.3 is 23.9 Å². The first kappa shape index (κ1) is 48.1. The number of nitrogen functional groups attached to an aromatic ring is 2. The number of hydrogen-bond acceptors (Lipinski definition) is 13. The summed E-state index contributed by atoms with van der Waals surface area (Å²) in [5.41, 5.74) is 14.1. The van der Waals surface area contributed by atoms with Gasteiger partial charge in [-0.15, -0.1) is 0 Å². The van der Waals surface area contributed by atoms with E-state index in [1.54, 1.807) is 24.3 Å². The van der Waals surface area contributed by atoms with Crippen molar-refractivity contribution in [3.05, 3.63) is 103 Å². The van der Waals surface area contributed by atoms with Crippen LogP contribution in [0.4, 0.5) is 11.9 Å². The molecule has 0 unspecified atom stereocenters. The van der Waals surface area contributed by atoms with E-state index < -0.39 is 71.7 Å². The van der Waals surface area contributed by atoms with Crippen LogP contribution in [0, 0.1) is 0 Å². The molecule has 6 aromatic rings. The number of carboxylic acid groups (broad SMARTS) is 4. The molecule has 0 saturated carbocycles. The first-order chi connectivity index (χ1) is 30.0. The number of nitrogens with two attached hydrogens (primary N) is 2. The molecule has 1 radical (unpaired) electrons. The van der Waals surface area contributed by atoms with E-state index >= 15 is 0 Å². The monoisotopic (exact) mass is 907 g/mol. The van der Waals surface area contributed by atoms with E-state index in [2.05, 4.69) is 40.5 Å². The fourth-order valence-electron chi connectivity index (χ4n) is 6.79. The Balaban J connectivity index is 0.00000771. The van der Waals surface area contributed by atoms with Gasteiger partial charge in [0.2, 0.25) is 11.9 Å². The minimum absolute atomic E-state index is 0. The van der Waals surface area contributed by atoms with Gasteiger partial charge in [0.25, 0.3) is 22.9 Å². The van der Waals surface area contributed by atoms with Gasteiger partial charge in [0.1, 0.15) is 23.4 Å². The van der Waals surface area contributed by atoms with Crippen LogP contribution in [0.1, 0.15) is 68.7 Å². The van der Waals surface area contributed by atoms with E-state index in [1.807, 2.05) is 0 Å². The molecule has 0 spiro atoms. The largest absolute Gasteiger partial charge is 0.481 e. The molecule has 14 N–H and O–H groups in total. The van der Waals surface area contributed by atoms with Crippen molar-refractivity contribution in [3.63, 3.8) is 0 Å². The third-order valence-electron chi connectivity index (χ3n) is 9.96. The number of aromatic nitrogens is 6. The van der Waals surface area contributed by atoms with Gasteiger partial charge in [0, 0.05) is 53.5 Å². The molecule has 329 valence electrons. The second-order valence-electron chi connectivity index (χ2n) is 14.3. The van der Waals surface area contributed by atoms with Crippen LogP contribution in [0.15, 0.2) is 68.2 Å². The zero-order chi connectivity index (χ0) is 45.5. The van der Waals surface area contributed by atoms with Crippen molar-refractivity contribution in [2.75, 3.05) is 11.5 Å². The SMILES string of the molecule is Nc1nc2[nH]c(Sc3[nH]c4nc(N)[nH]c(=O)c4c3CCc3ccc(C(=O)N[C@@H](CCC(=O)O)C(=O)O)cc3)c(CCc3ccc(C(=O)N[C@@H](CCC(=O)O)C(=O)O)cc3)c2c(=O)[nH]1.[Na]. The number of carbonyl (C=O) groups excluding carboxylic acids is 2. The number of carbonyl (C=O) groups is 6. The molecule has 2 aromatic carbocycles. The van der Waals surface area contributed by atoms with Gasteiger partial charge in [0.15, 0.2) is 0 Å². The minimum atomic E-state index is -1.40. The van der Waals surface area contributed by atoms with Gasteiger partial charge < -0.3 is 52.5 Å². The van der Waals surface area contributed by atoms with Crippen molar-refractivity contribution in [1.82, 2.24) is 40.5 Å². The first-order valence-electron chi connectivity index (χ1n) is 19.1. The number of aryl methyl sites for hydroxylation is 4. The third-order valence-corrected chi connectivity index (χ3v) is 11.1. The average molecular weight is 908 g/mol. The fourth-order valence-corrected chi connectivity index (χ4v) is 7.94. The number of benzene rings is 2. The second-order valence-corrected chi connectivity index (χ2v) is 15.3.